The molecule has 0 saturated heterocycles. The molecule has 0 aliphatic rings. The number of rotatable bonds is 11. The van der Waals surface area contributed by atoms with Crippen molar-refractivity contribution in [3.8, 4) is 0 Å². The highest BCUT2D eigenvalue weighted by atomic mass is 16.5. The van der Waals surface area contributed by atoms with Crippen molar-refractivity contribution in [2.45, 2.75) is 78.1 Å². The molecule has 1 atom stereocenters. The van der Waals surface area contributed by atoms with Crippen LogP contribution in [-0.2, 0) is 9.53 Å². The first kappa shape index (κ1) is 16.5. The molecular formula is C15H30O2. The van der Waals surface area contributed by atoms with Crippen molar-refractivity contribution < 1.29 is 9.53 Å². The van der Waals surface area contributed by atoms with Crippen LogP contribution >= 0.6 is 0 Å². The quantitative estimate of drug-likeness (QED) is 0.387. The van der Waals surface area contributed by atoms with Gasteiger partial charge >= 0.3 is 5.97 Å². The van der Waals surface area contributed by atoms with Crippen molar-refractivity contribution >= 4 is 5.97 Å². The molecule has 17 heavy (non-hydrogen) atoms. The number of carbonyl (C=O) groups excluding carboxylic acids is 1. The third kappa shape index (κ3) is 10.3. The first-order valence-corrected chi connectivity index (χ1v) is 7.30. The molecule has 0 aromatic heterocycles. The molecule has 102 valence electrons. The highest BCUT2D eigenvalue weighted by molar-refractivity contribution is 5.71. The van der Waals surface area contributed by atoms with Crippen molar-refractivity contribution in [2.24, 2.45) is 5.92 Å². The van der Waals surface area contributed by atoms with Gasteiger partial charge in [-0.05, 0) is 6.42 Å². The van der Waals surface area contributed by atoms with Crippen LogP contribution in [0.2, 0.25) is 0 Å². The summed E-state index contributed by atoms with van der Waals surface area (Å²) < 4.78 is 4.71. The van der Waals surface area contributed by atoms with Gasteiger partial charge in [-0.3, -0.25) is 4.79 Å². The minimum atomic E-state index is -0.0652. The largest absolute Gasteiger partial charge is 0.469 e. The molecular weight excluding hydrogens is 212 g/mol. The lowest BCUT2D eigenvalue weighted by atomic mass is 10.0. The normalized spacial score (nSPS) is 12.4. The van der Waals surface area contributed by atoms with E-state index in [0.29, 0.717) is 0 Å². The van der Waals surface area contributed by atoms with Crippen LogP contribution in [0.3, 0.4) is 0 Å². The summed E-state index contributed by atoms with van der Waals surface area (Å²) in [5.41, 5.74) is 0. The highest BCUT2D eigenvalue weighted by Gasteiger charge is 2.11. The van der Waals surface area contributed by atoms with Gasteiger partial charge in [0.15, 0.2) is 0 Å². The summed E-state index contributed by atoms with van der Waals surface area (Å²) in [6.07, 6.45) is 13.0. The topological polar surface area (TPSA) is 26.3 Å². The smallest absolute Gasteiger partial charge is 0.308 e. The van der Waals surface area contributed by atoms with Crippen LogP contribution in [0.4, 0.5) is 0 Å². The molecule has 0 aliphatic heterocycles. The number of esters is 1. The average molecular weight is 242 g/mol. The third-order valence-electron chi connectivity index (χ3n) is 3.34. The van der Waals surface area contributed by atoms with Crippen molar-refractivity contribution in [1.29, 1.82) is 0 Å². The molecule has 1 unspecified atom stereocenters. The average Bonchev–Trinajstić information content (AvgIpc) is 2.35. The van der Waals surface area contributed by atoms with Gasteiger partial charge in [-0.1, -0.05) is 71.6 Å². The van der Waals surface area contributed by atoms with Crippen molar-refractivity contribution in [3.05, 3.63) is 0 Å². The van der Waals surface area contributed by atoms with Crippen LogP contribution < -0.4 is 0 Å². The van der Waals surface area contributed by atoms with Crippen LogP contribution in [0.25, 0.3) is 0 Å². The first-order chi connectivity index (χ1) is 8.22. The highest BCUT2D eigenvalue weighted by Crippen LogP contribution is 2.14. The zero-order valence-corrected chi connectivity index (χ0v) is 12.0. The molecule has 0 rings (SSSR count). The van der Waals surface area contributed by atoms with Gasteiger partial charge < -0.3 is 4.74 Å². The number of carbonyl (C=O) groups is 1. The predicted octanol–water partition coefficient (Wildman–Crippen LogP) is 4.72. The minimum Gasteiger partial charge on any atom is -0.469 e. The molecule has 0 heterocycles. The van der Waals surface area contributed by atoms with E-state index in [-0.39, 0.29) is 11.9 Å². The molecule has 0 aliphatic carbocycles. The fourth-order valence-corrected chi connectivity index (χ4v) is 2.08. The Hall–Kier alpha value is -0.530. The number of unbranched alkanes of at least 4 members (excludes halogenated alkanes) is 8. The summed E-state index contributed by atoms with van der Waals surface area (Å²) in [6.45, 7) is 4.21. The van der Waals surface area contributed by atoms with Crippen LogP contribution in [0.15, 0.2) is 0 Å². The molecule has 0 fully saturated rings. The molecule has 0 aromatic rings. The van der Waals surface area contributed by atoms with Gasteiger partial charge in [0.2, 0.25) is 0 Å². The van der Waals surface area contributed by atoms with Gasteiger partial charge in [-0.15, -0.1) is 0 Å². The van der Waals surface area contributed by atoms with E-state index in [2.05, 4.69) is 6.92 Å². The van der Waals surface area contributed by atoms with Crippen LogP contribution in [0.1, 0.15) is 78.1 Å². The van der Waals surface area contributed by atoms with E-state index in [1.165, 1.54) is 58.5 Å². The fraction of sp³-hybridized carbons (Fsp3) is 0.933. The number of ether oxygens (including phenoxy) is 1. The lowest BCUT2D eigenvalue weighted by molar-refractivity contribution is -0.145. The van der Waals surface area contributed by atoms with Gasteiger partial charge in [0.1, 0.15) is 0 Å². The van der Waals surface area contributed by atoms with E-state index in [9.17, 15) is 4.79 Å². The standard InChI is InChI=1S/C15H30O2/c1-4-5-6-7-8-9-10-11-12-13-14(2)15(16)17-3/h14H,4-13H2,1-3H3. The summed E-state index contributed by atoms with van der Waals surface area (Å²) in [6, 6.07) is 0. The Kier molecular flexibility index (Phi) is 11.6. The lowest BCUT2D eigenvalue weighted by Gasteiger charge is -2.08. The predicted molar refractivity (Wildman–Crippen MR) is 73.0 cm³/mol. The van der Waals surface area contributed by atoms with Gasteiger partial charge in [0.05, 0.1) is 13.0 Å². The molecule has 0 amide bonds. The van der Waals surface area contributed by atoms with E-state index < -0.39 is 0 Å². The molecule has 0 saturated carbocycles. The molecule has 2 nitrogen and oxygen atoms in total. The van der Waals surface area contributed by atoms with Gasteiger partial charge in [0.25, 0.3) is 0 Å². The van der Waals surface area contributed by atoms with Gasteiger partial charge in [-0.25, -0.2) is 0 Å². The molecule has 0 bridgehead atoms. The zero-order valence-electron chi connectivity index (χ0n) is 12.0. The van der Waals surface area contributed by atoms with Crippen molar-refractivity contribution in [3.63, 3.8) is 0 Å². The maximum absolute atomic E-state index is 11.2. The lowest BCUT2D eigenvalue weighted by Crippen LogP contribution is -2.12. The second-order valence-corrected chi connectivity index (χ2v) is 5.04. The molecule has 0 N–H and O–H groups in total. The molecule has 2 heteroatoms. The molecule has 0 aromatic carbocycles. The monoisotopic (exact) mass is 242 g/mol. The Morgan fingerprint density at radius 2 is 1.41 bits per heavy atom. The van der Waals surface area contributed by atoms with Crippen LogP contribution in [0, 0.1) is 5.92 Å². The second kappa shape index (κ2) is 11.9. The summed E-state index contributed by atoms with van der Waals surface area (Å²) >= 11 is 0. The van der Waals surface area contributed by atoms with E-state index >= 15 is 0 Å². The van der Waals surface area contributed by atoms with Crippen LogP contribution in [0.5, 0.6) is 0 Å². The van der Waals surface area contributed by atoms with E-state index in [4.69, 9.17) is 4.74 Å². The Morgan fingerprint density at radius 1 is 0.941 bits per heavy atom. The third-order valence-corrected chi connectivity index (χ3v) is 3.34. The minimum absolute atomic E-state index is 0.0652. The van der Waals surface area contributed by atoms with E-state index in [1.54, 1.807) is 0 Å². The van der Waals surface area contributed by atoms with E-state index in [0.717, 1.165) is 12.8 Å². The fourth-order valence-electron chi connectivity index (χ4n) is 2.08. The SMILES string of the molecule is CCCCCCCCCCCC(C)C(=O)OC. The van der Waals surface area contributed by atoms with Crippen LogP contribution in [-0.4, -0.2) is 13.1 Å². The van der Waals surface area contributed by atoms with E-state index in [1.807, 2.05) is 6.92 Å². The summed E-state index contributed by atoms with van der Waals surface area (Å²) in [7, 11) is 1.47. The maximum atomic E-state index is 11.2. The Morgan fingerprint density at radius 3 is 1.88 bits per heavy atom. The zero-order chi connectivity index (χ0) is 12.9. The Labute approximate surface area is 107 Å². The molecule has 0 spiro atoms. The summed E-state index contributed by atoms with van der Waals surface area (Å²) in [4.78, 5) is 11.2. The van der Waals surface area contributed by atoms with Gasteiger partial charge in [-0.2, -0.15) is 0 Å². The second-order valence-electron chi connectivity index (χ2n) is 5.04. The van der Waals surface area contributed by atoms with Crippen molar-refractivity contribution in [2.75, 3.05) is 7.11 Å². The number of methoxy groups -OCH3 is 1. The Bertz CT molecular complexity index is 178. The number of hydrogen-bond donors (Lipinski definition) is 0. The first-order valence-electron chi connectivity index (χ1n) is 7.30. The van der Waals surface area contributed by atoms with Gasteiger partial charge in [0, 0.05) is 0 Å². The summed E-state index contributed by atoms with van der Waals surface area (Å²) in [5.74, 6) is 0.00844. The summed E-state index contributed by atoms with van der Waals surface area (Å²) in [5, 5.41) is 0. The Balaban J connectivity index is 3.15. The number of hydrogen-bond acceptors (Lipinski definition) is 2. The van der Waals surface area contributed by atoms with Crippen molar-refractivity contribution in [1.82, 2.24) is 0 Å². The maximum Gasteiger partial charge on any atom is 0.308 e. The molecule has 0 radical (unpaired) electrons.